The lowest BCUT2D eigenvalue weighted by atomic mass is 9.94. The Morgan fingerprint density at radius 3 is 1.72 bits per heavy atom. The van der Waals surface area contributed by atoms with Crippen molar-refractivity contribution in [2.45, 2.75) is 163 Å². The van der Waals surface area contributed by atoms with E-state index >= 15 is 0 Å². The van der Waals surface area contributed by atoms with Gasteiger partial charge in [0.1, 0.15) is 54.9 Å². The van der Waals surface area contributed by atoms with Crippen LogP contribution in [0.5, 0.6) is 0 Å². The maximum absolute atomic E-state index is 11.7. The van der Waals surface area contributed by atoms with E-state index in [4.69, 9.17) is 39.3 Å². The van der Waals surface area contributed by atoms with E-state index in [-0.39, 0.29) is 0 Å². The summed E-state index contributed by atoms with van der Waals surface area (Å²) in [6, 6.07) is -4.10. The van der Waals surface area contributed by atoms with Crippen molar-refractivity contribution in [2.75, 3.05) is 26.4 Å². The monoisotopic (exact) mass is 749 g/mol. The number of hydrogen-bond acceptors (Lipinski definition) is 18. The van der Waals surface area contributed by atoms with Gasteiger partial charge in [-0.1, -0.05) is 64.7 Å². The summed E-state index contributed by atoms with van der Waals surface area (Å²) in [7, 11) is -5.16. The Hall–Kier alpha value is -0.730. The van der Waals surface area contributed by atoms with Crippen molar-refractivity contribution in [1.29, 1.82) is 0 Å². The SMILES string of the molecule is CCCCCCCCCCCCN[C@H]1[C@H](OC2[C@@H](CO)O[C@@H](O)[C@H](N)[C@H]2OS(=O)(=O)O)O[C@H](CO)C(O[C@@H]2O[C@H](CO)[C@@H](O)[C@H](O)[C@H]2N)[C@@H]1O. The summed E-state index contributed by atoms with van der Waals surface area (Å²) in [6.45, 7) is 0.240. The molecule has 0 aromatic rings. The summed E-state index contributed by atoms with van der Waals surface area (Å²) in [5.74, 6) is 0. The minimum atomic E-state index is -5.16. The van der Waals surface area contributed by atoms with Gasteiger partial charge in [-0.05, 0) is 13.0 Å². The second kappa shape index (κ2) is 21.2. The smallest absolute Gasteiger partial charge is 0.394 e. The van der Waals surface area contributed by atoms with Gasteiger partial charge in [0.25, 0.3) is 0 Å². The first kappa shape index (κ1) is 43.7. The van der Waals surface area contributed by atoms with Crippen molar-refractivity contribution in [1.82, 2.24) is 5.32 Å². The van der Waals surface area contributed by atoms with Crippen LogP contribution in [0.15, 0.2) is 0 Å². The zero-order valence-electron chi connectivity index (χ0n) is 28.5. The fraction of sp³-hybridized carbons (Fsp3) is 1.00. The highest BCUT2D eigenvalue weighted by molar-refractivity contribution is 7.80. The number of aliphatic hydroxyl groups is 7. The third-order valence-corrected chi connectivity index (χ3v) is 9.87. The highest BCUT2D eigenvalue weighted by Gasteiger charge is 2.54. The van der Waals surface area contributed by atoms with Crippen molar-refractivity contribution in [3.63, 3.8) is 0 Å². The Balaban J connectivity index is 1.78. The van der Waals surface area contributed by atoms with Crippen LogP contribution in [0.25, 0.3) is 0 Å². The lowest BCUT2D eigenvalue weighted by Crippen LogP contribution is -2.70. The average Bonchev–Trinajstić information content (AvgIpc) is 3.08. The van der Waals surface area contributed by atoms with Crippen molar-refractivity contribution >= 4 is 10.4 Å². The van der Waals surface area contributed by atoms with E-state index in [2.05, 4.69) is 12.2 Å². The molecule has 0 aromatic heterocycles. The third-order valence-electron chi connectivity index (χ3n) is 9.40. The Morgan fingerprint density at radius 2 is 1.16 bits per heavy atom. The lowest BCUT2D eigenvalue weighted by molar-refractivity contribution is -0.349. The number of rotatable bonds is 21. The Bertz CT molecular complexity index is 1070. The molecule has 3 aliphatic rings. The molecular weight excluding hydrogens is 690 g/mol. The molecule has 0 radical (unpaired) electrons. The predicted octanol–water partition coefficient (Wildman–Crippen LogP) is -3.29. The van der Waals surface area contributed by atoms with Crippen LogP contribution in [0.1, 0.15) is 71.1 Å². The van der Waals surface area contributed by atoms with Gasteiger partial charge in [-0.15, -0.1) is 0 Å². The van der Waals surface area contributed by atoms with E-state index in [0.717, 1.165) is 25.7 Å². The van der Waals surface area contributed by atoms with Gasteiger partial charge in [-0.25, -0.2) is 4.18 Å². The number of ether oxygens (including phenoxy) is 5. The predicted molar refractivity (Wildman–Crippen MR) is 173 cm³/mol. The van der Waals surface area contributed by atoms with Crippen LogP contribution in [-0.2, 0) is 38.3 Å². The molecule has 0 aromatic carbocycles. The zero-order chi connectivity index (χ0) is 37.0. The van der Waals surface area contributed by atoms with Gasteiger partial charge in [-0.3, -0.25) is 4.55 Å². The molecule has 3 aliphatic heterocycles. The number of unbranched alkanes of at least 4 members (excludes halogenated alkanes) is 9. The highest BCUT2D eigenvalue weighted by Crippen LogP contribution is 2.33. The maximum atomic E-state index is 11.7. The van der Waals surface area contributed by atoms with E-state index in [1.807, 2.05) is 0 Å². The normalized spacial score (nSPS) is 39.9. The number of nitrogens with two attached hydrogens (primary N) is 2. The van der Waals surface area contributed by atoms with Crippen LogP contribution in [0.2, 0.25) is 0 Å². The summed E-state index contributed by atoms with van der Waals surface area (Å²) in [5.41, 5.74) is 12.0. The fourth-order valence-electron chi connectivity index (χ4n) is 6.50. The Morgan fingerprint density at radius 1 is 0.640 bits per heavy atom. The minimum Gasteiger partial charge on any atom is -0.394 e. The Kier molecular flexibility index (Phi) is 18.5. The first-order valence-electron chi connectivity index (χ1n) is 17.5. The van der Waals surface area contributed by atoms with Crippen LogP contribution >= 0.6 is 0 Å². The average molecular weight is 750 g/mol. The van der Waals surface area contributed by atoms with Crippen LogP contribution in [0, 0.1) is 0 Å². The summed E-state index contributed by atoms with van der Waals surface area (Å²) in [4.78, 5) is 0. The molecule has 50 heavy (non-hydrogen) atoms. The molecule has 0 bridgehead atoms. The molecule has 3 saturated heterocycles. The lowest BCUT2D eigenvalue weighted by Gasteiger charge is -2.49. The van der Waals surface area contributed by atoms with Crippen LogP contribution < -0.4 is 16.8 Å². The molecule has 2 unspecified atom stereocenters. The van der Waals surface area contributed by atoms with Gasteiger partial charge in [0.05, 0.1) is 37.9 Å². The molecule has 3 rings (SSSR count). The van der Waals surface area contributed by atoms with E-state index in [0.29, 0.717) is 13.0 Å². The molecule has 0 spiro atoms. The highest BCUT2D eigenvalue weighted by atomic mass is 32.3. The van der Waals surface area contributed by atoms with E-state index in [1.54, 1.807) is 0 Å². The van der Waals surface area contributed by atoms with Crippen LogP contribution in [0.4, 0.5) is 0 Å². The molecule has 19 nitrogen and oxygen atoms in total. The van der Waals surface area contributed by atoms with Crippen molar-refractivity contribution in [2.24, 2.45) is 11.5 Å². The second-order valence-electron chi connectivity index (χ2n) is 13.2. The molecule has 15 atom stereocenters. The quantitative estimate of drug-likeness (QED) is 0.0404. The largest absolute Gasteiger partial charge is 0.397 e. The number of nitrogens with one attached hydrogen (secondary N) is 1. The molecular formula is C30H59N3O16S. The van der Waals surface area contributed by atoms with Crippen LogP contribution in [-0.4, -0.2) is 167 Å². The molecule has 296 valence electrons. The van der Waals surface area contributed by atoms with Gasteiger partial charge in [-0.2, -0.15) is 8.42 Å². The zero-order valence-corrected chi connectivity index (χ0v) is 29.3. The van der Waals surface area contributed by atoms with E-state index in [9.17, 15) is 48.7 Å². The summed E-state index contributed by atoms with van der Waals surface area (Å²) in [5, 5.41) is 75.6. The van der Waals surface area contributed by atoms with E-state index in [1.165, 1.54) is 32.1 Å². The van der Waals surface area contributed by atoms with E-state index < -0.39 is 122 Å². The van der Waals surface area contributed by atoms with Gasteiger partial charge >= 0.3 is 10.4 Å². The van der Waals surface area contributed by atoms with Crippen molar-refractivity contribution in [3.8, 4) is 0 Å². The van der Waals surface area contributed by atoms with Crippen molar-refractivity contribution < 1.29 is 76.6 Å². The fourth-order valence-corrected chi connectivity index (χ4v) is 7.02. The molecule has 20 heteroatoms. The molecule has 13 N–H and O–H groups in total. The third kappa shape index (κ3) is 12.1. The summed E-state index contributed by atoms with van der Waals surface area (Å²) >= 11 is 0. The maximum Gasteiger partial charge on any atom is 0.397 e. The standard InChI is InChI=1S/C30H59N3O16S/c1-2-3-4-5-6-7-8-9-10-11-12-33-21-24(39)25(47-29-19(31)23(38)22(37)16(13-34)45-29)17(14-35)46-30(21)48-26-18(15-36)44-28(40)20(32)27(26)49-50(41,42)43/h16-30,33-40H,2-15,31-32H2,1H3,(H,41,42,43)/t16-,17-,18-,19-,20-,21-,22-,23-,24-,25?,26?,27-,28-,29+,30+/m1/s1. The van der Waals surface area contributed by atoms with Gasteiger partial charge < -0.3 is 76.2 Å². The minimum absolute atomic E-state index is 0.336. The number of aliphatic hydroxyl groups excluding tert-OH is 7. The van der Waals surface area contributed by atoms with Crippen molar-refractivity contribution in [3.05, 3.63) is 0 Å². The first-order chi connectivity index (χ1) is 23.8. The van der Waals surface area contributed by atoms with Gasteiger partial charge in [0.15, 0.2) is 18.9 Å². The topological polar surface area (TPSA) is 315 Å². The van der Waals surface area contributed by atoms with Crippen LogP contribution in [0.3, 0.4) is 0 Å². The molecule has 0 aliphatic carbocycles. The van der Waals surface area contributed by atoms with Gasteiger partial charge in [0.2, 0.25) is 0 Å². The molecule has 0 amide bonds. The molecule has 0 saturated carbocycles. The number of hydrogen-bond donors (Lipinski definition) is 11. The molecule has 3 heterocycles. The Labute approximate surface area is 293 Å². The molecule has 3 fully saturated rings. The second-order valence-corrected chi connectivity index (χ2v) is 14.2. The summed E-state index contributed by atoms with van der Waals surface area (Å²) < 4.78 is 66.4. The van der Waals surface area contributed by atoms with Gasteiger partial charge in [0, 0.05) is 0 Å². The first-order valence-corrected chi connectivity index (χ1v) is 18.9. The summed E-state index contributed by atoms with van der Waals surface area (Å²) in [6.07, 6.45) is -7.55.